The van der Waals surface area contributed by atoms with Crippen molar-refractivity contribution in [3.8, 4) is 11.5 Å². The third-order valence-electron chi connectivity index (χ3n) is 8.11. The Morgan fingerprint density at radius 2 is 1.94 bits per heavy atom. The quantitative estimate of drug-likeness (QED) is 0.562. The highest BCUT2D eigenvalue weighted by atomic mass is 16.3. The molecule has 0 aliphatic carbocycles. The molecule has 4 rings (SSSR count). The molecule has 1 amide bonds. The minimum absolute atomic E-state index is 0.0382. The maximum Gasteiger partial charge on any atom is 0.240 e. The largest absolute Gasteiger partial charge is 0.508 e. The average Bonchev–Trinajstić information content (AvgIpc) is 2.83. The van der Waals surface area contributed by atoms with Gasteiger partial charge in [-0.05, 0) is 77.6 Å². The zero-order chi connectivity index (χ0) is 25.2. The Balaban J connectivity index is 1.37. The van der Waals surface area contributed by atoms with Gasteiger partial charge in [-0.25, -0.2) is 0 Å². The van der Waals surface area contributed by atoms with Crippen molar-refractivity contribution in [2.24, 2.45) is 11.8 Å². The number of phenolic OH excluding ortho intramolecular Hbond substituents is 2. The summed E-state index contributed by atoms with van der Waals surface area (Å²) in [4.78, 5) is 18.1. The highest BCUT2D eigenvalue weighted by molar-refractivity contribution is 5.82. The van der Waals surface area contributed by atoms with Crippen LogP contribution in [-0.2, 0) is 23.2 Å². The van der Waals surface area contributed by atoms with Gasteiger partial charge < -0.3 is 25.3 Å². The van der Waals surface area contributed by atoms with E-state index in [-0.39, 0.29) is 23.1 Å². The van der Waals surface area contributed by atoms with Crippen molar-refractivity contribution in [1.29, 1.82) is 0 Å². The molecule has 2 heterocycles. The van der Waals surface area contributed by atoms with Crippen LogP contribution in [0.25, 0.3) is 0 Å². The minimum atomic E-state index is -0.222. The smallest absolute Gasteiger partial charge is 0.240 e. The molecule has 3 N–H and O–H groups in total. The van der Waals surface area contributed by atoms with E-state index in [0.717, 1.165) is 50.3 Å². The fraction of sp³-hybridized carbons (Fsp3) is 0.552. The number of nitrogens with zero attached hydrogens (tertiary/aromatic N) is 2. The number of carbonyl (C=O) groups is 1. The van der Waals surface area contributed by atoms with E-state index in [1.54, 1.807) is 18.2 Å². The Bertz CT molecular complexity index is 1040. The molecule has 6 nitrogen and oxygen atoms in total. The van der Waals surface area contributed by atoms with Gasteiger partial charge in [0, 0.05) is 32.7 Å². The first-order valence-electron chi connectivity index (χ1n) is 13.0. The van der Waals surface area contributed by atoms with E-state index in [0.29, 0.717) is 30.6 Å². The average molecular weight is 480 g/mol. The second-order valence-corrected chi connectivity index (χ2v) is 11.2. The van der Waals surface area contributed by atoms with Crippen molar-refractivity contribution in [2.75, 3.05) is 32.7 Å². The molecule has 1 fully saturated rings. The summed E-state index contributed by atoms with van der Waals surface area (Å²) in [6, 6.07) is 12.9. The number of phenols is 2. The number of piperidine rings is 1. The Morgan fingerprint density at radius 1 is 1.17 bits per heavy atom. The molecule has 0 aromatic heterocycles. The Kier molecular flexibility index (Phi) is 7.72. The van der Waals surface area contributed by atoms with Crippen LogP contribution in [0.2, 0.25) is 0 Å². The summed E-state index contributed by atoms with van der Waals surface area (Å²) >= 11 is 0. The molecule has 2 aliphatic rings. The molecule has 6 heteroatoms. The summed E-state index contributed by atoms with van der Waals surface area (Å²) in [5.41, 5.74) is 3.46. The lowest BCUT2D eigenvalue weighted by atomic mass is 9.68. The maximum absolute atomic E-state index is 13.5. The van der Waals surface area contributed by atoms with Crippen molar-refractivity contribution < 1.29 is 15.0 Å². The number of carbonyl (C=O) groups excluding carboxylic acids is 1. The van der Waals surface area contributed by atoms with Crippen LogP contribution in [0.4, 0.5) is 0 Å². The number of nitrogens with one attached hydrogen (secondary N) is 1. The van der Waals surface area contributed by atoms with Gasteiger partial charge in [0.2, 0.25) is 5.91 Å². The van der Waals surface area contributed by atoms with E-state index >= 15 is 0 Å². The highest BCUT2D eigenvalue weighted by Gasteiger charge is 2.38. The number of hydrogen-bond acceptors (Lipinski definition) is 5. The van der Waals surface area contributed by atoms with Gasteiger partial charge in [0.25, 0.3) is 0 Å². The van der Waals surface area contributed by atoms with E-state index in [1.165, 1.54) is 5.56 Å². The van der Waals surface area contributed by atoms with Gasteiger partial charge in [0.05, 0.1) is 6.04 Å². The molecule has 0 saturated carbocycles. The molecule has 35 heavy (non-hydrogen) atoms. The van der Waals surface area contributed by atoms with Crippen molar-refractivity contribution in [2.45, 2.75) is 58.5 Å². The van der Waals surface area contributed by atoms with E-state index in [9.17, 15) is 15.0 Å². The van der Waals surface area contributed by atoms with E-state index in [2.05, 4.69) is 44.0 Å². The molecule has 3 atom stereocenters. The first-order valence-corrected chi connectivity index (χ1v) is 13.0. The summed E-state index contributed by atoms with van der Waals surface area (Å²) < 4.78 is 0. The summed E-state index contributed by atoms with van der Waals surface area (Å²) in [6.07, 6.45) is 1.69. The number of aromatic hydroxyl groups is 2. The number of benzene rings is 2. The first-order chi connectivity index (χ1) is 16.7. The van der Waals surface area contributed by atoms with Crippen LogP contribution in [0.5, 0.6) is 11.5 Å². The zero-order valence-corrected chi connectivity index (χ0v) is 21.6. The molecule has 2 aliphatic heterocycles. The summed E-state index contributed by atoms with van der Waals surface area (Å²) in [5.74, 6) is 1.62. The molecule has 0 unspecified atom stereocenters. The van der Waals surface area contributed by atoms with Crippen molar-refractivity contribution >= 4 is 5.91 Å². The van der Waals surface area contributed by atoms with Crippen molar-refractivity contribution in [3.63, 3.8) is 0 Å². The third kappa shape index (κ3) is 5.81. The van der Waals surface area contributed by atoms with Crippen LogP contribution in [-0.4, -0.2) is 64.7 Å². The van der Waals surface area contributed by atoms with Crippen molar-refractivity contribution in [1.82, 2.24) is 15.1 Å². The van der Waals surface area contributed by atoms with Gasteiger partial charge in [-0.1, -0.05) is 45.9 Å². The van der Waals surface area contributed by atoms with Crippen LogP contribution < -0.4 is 5.32 Å². The predicted molar refractivity (Wildman–Crippen MR) is 140 cm³/mol. The lowest BCUT2D eigenvalue weighted by Gasteiger charge is -2.45. The number of amides is 1. The summed E-state index contributed by atoms with van der Waals surface area (Å²) in [6.45, 7) is 13.9. The third-order valence-corrected chi connectivity index (χ3v) is 8.11. The van der Waals surface area contributed by atoms with E-state index in [1.807, 2.05) is 23.1 Å². The van der Waals surface area contributed by atoms with E-state index < -0.39 is 0 Å². The Labute approximate surface area is 210 Å². The number of fused-ring (bicyclic) bond motifs is 1. The summed E-state index contributed by atoms with van der Waals surface area (Å²) in [7, 11) is 0. The van der Waals surface area contributed by atoms with Crippen LogP contribution in [0.3, 0.4) is 0 Å². The molecule has 0 radical (unpaired) electrons. The molecule has 190 valence electrons. The fourth-order valence-electron chi connectivity index (χ4n) is 5.70. The molecule has 2 aromatic carbocycles. The SMILES string of the molecule is CC(C)CN(CCN1CC[C@@](C)(c2cccc(O)c2)[C@@H](C)C1)C(=O)[C@H]1Cc2ccc(O)cc2CN1. The maximum atomic E-state index is 13.5. The molecular formula is C29H41N3O3. The molecular weight excluding hydrogens is 438 g/mol. The number of rotatable bonds is 7. The van der Waals surface area contributed by atoms with Gasteiger partial charge in [0.1, 0.15) is 11.5 Å². The molecule has 2 aromatic rings. The molecule has 0 bridgehead atoms. The highest BCUT2D eigenvalue weighted by Crippen LogP contribution is 2.40. The monoisotopic (exact) mass is 479 g/mol. The summed E-state index contributed by atoms with van der Waals surface area (Å²) in [5, 5.41) is 23.1. The van der Waals surface area contributed by atoms with Crippen LogP contribution >= 0.6 is 0 Å². The topological polar surface area (TPSA) is 76.0 Å². The fourth-order valence-corrected chi connectivity index (χ4v) is 5.70. The van der Waals surface area contributed by atoms with Gasteiger partial charge >= 0.3 is 0 Å². The minimum Gasteiger partial charge on any atom is -0.508 e. The van der Waals surface area contributed by atoms with Gasteiger partial charge in [-0.3, -0.25) is 4.79 Å². The molecule has 1 saturated heterocycles. The van der Waals surface area contributed by atoms with Gasteiger partial charge in [0.15, 0.2) is 0 Å². The Morgan fingerprint density at radius 3 is 2.66 bits per heavy atom. The Hall–Kier alpha value is -2.57. The van der Waals surface area contributed by atoms with Crippen LogP contribution in [0, 0.1) is 11.8 Å². The number of hydrogen-bond donors (Lipinski definition) is 3. The van der Waals surface area contributed by atoms with Gasteiger partial charge in [-0.2, -0.15) is 0 Å². The predicted octanol–water partition coefficient (Wildman–Crippen LogP) is 3.90. The molecule has 0 spiro atoms. The van der Waals surface area contributed by atoms with Gasteiger partial charge in [-0.15, -0.1) is 0 Å². The van der Waals surface area contributed by atoms with Crippen LogP contribution in [0.1, 0.15) is 50.8 Å². The standard InChI is InChI=1S/C29H41N3O3/c1-20(2)18-32(28(35)27-15-22-8-9-26(34)14-23(22)17-30-27)13-12-31-11-10-29(4,21(3)19-31)24-6-5-7-25(33)16-24/h5-9,14,16,20-21,27,30,33-34H,10-13,15,17-19H2,1-4H3/t21-,27+,29+/m0/s1. The first kappa shape index (κ1) is 25.5. The van der Waals surface area contributed by atoms with Crippen LogP contribution in [0.15, 0.2) is 42.5 Å². The zero-order valence-electron chi connectivity index (χ0n) is 21.6. The second kappa shape index (κ2) is 10.6. The lowest BCUT2D eigenvalue weighted by molar-refractivity contribution is -0.134. The lowest BCUT2D eigenvalue weighted by Crippen LogP contribution is -2.53. The number of likely N-dealkylation sites (tertiary alicyclic amines) is 1. The second-order valence-electron chi connectivity index (χ2n) is 11.2. The van der Waals surface area contributed by atoms with E-state index in [4.69, 9.17) is 0 Å². The van der Waals surface area contributed by atoms with Crippen molar-refractivity contribution in [3.05, 3.63) is 59.2 Å². The normalized spacial score (nSPS) is 24.8.